The number of carboxylic acids is 1. The third-order valence-electron chi connectivity index (χ3n) is 2.31. The van der Waals surface area contributed by atoms with Crippen molar-refractivity contribution in [3.8, 4) is 0 Å². The maximum atomic E-state index is 10.9. The zero-order chi connectivity index (χ0) is 10.0. The van der Waals surface area contributed by atoms with Crippen molar-refractivity contribution in [3.63, 3.8) is 0 Å². The van der Waals surface area contributed by atoms with Crippen LogP contribution in [-0.4, -0.2) is 46.3 Å². The van der Waals surface area contributed by atoms with Crippen molar-refractivity contribution in [2.24, 2.45) is 5.92 Å². The lowest BCUT2D eigenvalue weighted by molar-refractivity contribution is -0.149. The highest BCUT2D eigenvalue weighted by atomic mass is 16.4. The summed E-state index contributed by atoms with van der Waals surface area (Å²) in [5.74, 6) is -0.403. The fraction of sp³-hybridized carbons (Fsp3) is 0.889. The van der Waals surface area contributed by atoms with Crippen molar-refractivity contribution in [1.82, 2.24) is 4.90 Å². The number of nitrogens with zero attached hydrogens (tertiary/aromatic N) is 1. The van der Waals surface area contributed by atoms with E-state index in [2.05, 4.69) is 0 Å². The SMILES string of the molecule is CC(C)CC(C(=O)O)N1CC(O)C1. The van der Waals surface area contributed by atoms with Crippen molar-refractivity contribution < 1.29 is 15.0 Å². The maximum Gasteiger partial charge on any atom is 0.320 e. The van der Waals surface area contributed by atoms with E-state index in [9.17, 15) is 4.79 Å². The van der Waals surface area contributed by atoms with Gasteiger partial charge in [-0.2, -0.15) is 0 Å². The van der Waals surface area contributed by atoms with Crippen LogP contribution < -0.4 is 0 Å². The highest BCUT2D eigenvalue weighted by Gasteiger charge is 2.35. The first kappa shape index (κ1) is 10.5. The fourth-order valence-corrected chi connectivity index (χ4v) is 1.59. The van der Waals surface area contributed by atoms with Gasteiger partial charge in [-0.15, -0.1) is 0 Å². The lowest BCUT2D eigenvalue weighted by Gasteiger charge is -2.40. The molecule has 2 N–H and O–H groups in total. The van der Waals surface area contributed by atoms with Crippen LogP contribution in [0.15, 0.2) is 0 Å². The first-order valence-corrected chi connectivity index (χ1v) is 4.65. The van der Waals surface area contributed by atoms with Gasteiger partial charge in [0.1, 0.15) is 6.04 Å². The van der Waals surface area contributed by atoms with E-state index in [1.807, 2.05) is 18.7 Å². The second-order valence-electron chi connectivity index (χ2n) is 4.09. The number of rotatable bonds is 4. The normalized spacial score (nSPS) is 21.5. The van der Waals surface area contributed by atoms with E-state index in [1.54, 1.807) is 0 Å². The third kappa shape index (κ3) is 2.67. The van der Waals surface area contributed by atoms with Crippen molar-refractivity contribution >= 4 is 5.97 Å². The summed E-state index contributed by atoms with van der Waals surface area (Å²) in [5, 5.41) is 18.0. The number of aliphatic carboxylic acids is 1. The Morgan fingerprint density at radius 3 is 2.38 bits per heavy atom. The summed E-state index contributed by atoms with van der Waals surface area (Å²) in [5.41, 5.74) is 0. The number of hydrogen-bond acceptors (Lipinski definition) is 3. The minimum atomic E-state index is -0.777. The molecule has 0 spiro atoms. The molecule has 1 aliphatic rings. The van der Waals surface area contributed by atoms with Crippen LogP contribution in [-0.2, 0) is 4.79 Å². The standard InChI is InChI=1S/C9H17NO3/c1-6(2)3-8(9(12)13)10-4-7(11)5-10/h6-8,11H,3-5H2,1-2H3,(H,12,13). The van der Waals surface area contributed by atoms with E-state index in [-0.39, 0.29) is 6.10 Å². The molecule has 1 fully saturated rings. The Kier molecular flexibility index (Phi) is 3.27. The summed E-state index contributed by atoms with van der Waals surface area (Å²) in [4.78, 5) is 12.7. The van der Waals surface area contributed by atoms with Gasteiger partial charge in [0, 0.05) is 13.1 Å². The lowest BCUT2D eigenvalue weighted by Crippen LogP contribution is -2.58. The molecule has 0 amide bonds. The second-order valence-corrected chi connectivity index (χ2v) is 4.09. The van der Waals surface area contributed by atoms with Gasteiger partial charge in [-0.05, 0) is 12.3 Å². The molecular weight excluding hydrogens is 170 g/mol. The average molecular weight is 187 g/mol. The molecule has 1 saturated heterocycles. The Morgan fingerprint density at radius 2 is 2.08 bits per heavy atom. The lowest BCUT2D eigenvalue weighted by atomic mass is 9.99. The fourth-order valence-electron chi connectivity index (χ4n) is 1.59. The molecule has 76 valence electrons. The highest BCUT2D eigenvalue weighted by molar-refractivity contribution is 5.73. The Balaban J connectivity index is 2.43. The molecule has 0 aliphatic carbocycles. The maximum absolute atomic E-state index is 10.9. The van der Waals surface area contributed by atoms with Gasteiger partial charge < -0.3 is 10.2 Å². The smallest absolute Gasteiger partial charge is 0.320 e. The Morgan fingerprint density at radius 1 is 1.54 bits per heavy atom. The summed E-state index contributed by atoms with van der Waals surface area (Å²) >= 11 is 0. The van der Waals surface area contributed by atoms with E-state index >= 15 is 0 Å². The van der Waals surface area contributed by atoms with Crippen LogP contribution in [0.5, 0.6) is 0 Å². The minimum absolute atomic E-state index is 0.325. The van der Waals surface area contributed by atoms with Crippen LogP contribution in [0.2, 0.25) is 0 Å². The van der Waals surface area contributed by atoms with Gasteiger partial charge in [-0.1, -0.05) is 13.8 Å². The number of likely N-dealkylation sites (tertiary alicyclic amines) is 1. The summed E-state index contributed by atoms with van der Waals surface area (Å²) in [6, 6.07) is -0.414. The largest absolute Gasteiger partial charge is 0.480 e. The first-order valence-electron chi connectivity index (χ1n) is 4.65. The molecule has 4 nitrogen and oxygen atoms in total. The molecule has 4 heteroatoms. The van der Waals surface area contributed by atoms with E-state index in [0.717, 1.165) is 0 Å². The predicted octanol–water partition coefficient (Wildman–Crippen LogP) is 0.162. The van der Waals surface area contributed by atoms with Gasteiger partial charge in [-0.3, -0.25) is 9.69 Å². The van der Waals surface area contributed by atoms with Crippen LogP contribution in [0, 0.1) is 5.92 Å². The molecule has 13 heavy (non-hydrogen) atoms. The van der Waals surface area contributed by atoms with Crippen LogP contribution in [0.4, 0.5) is 0 Å². The number of carbonyl (C=O) groups is 1. The summed E-state index contributed by atoms with van der Waals surface area (Å²) in [7, 11) is 0. The number of aliphatic hydroxyl groups excluding tert-OH is 1. The number of hydrogen-bond donors (Lipinski definition) is 2. The quantitative estimate of drug-likeness (QED) is 0.658. The van der Waals surface area contributed by atoms with Crippen molar-refractivity contribution in [1.29, 1.82) is 0 Å². The highest BCUT2D eigenvalue weighted by Crippen LogP contribution is 2.18. The third-order valence-corrected chi connectivity index (χ3v) is 2.31. The molecular formula is C9H17NO3. The van der Waals surface area contributed by atoms with Crippen molar-refractivity contribution in [2.75, 3.05) is 13.1 Å². The topological polar surface area (TPSA) is 60.8 Å². The zero-order valence-corrected chi connectivity index (χ0v) is 8.10. The molecule has 0 aromatic carbocycles. The number of β-amino-alcohol motifs (C(OH)–C–C–N with tert-alkyl or cyclic N) is 1. The van der Waals surface area contributed by atoms with Crippen molar-refractivity contribution in [3.05, 3.63) is 0 Å². The first-order chi connectivity index (χ1) is 6.00. The molecule has 0 radical (unpaired) electrons. The Hall–Kier alpha value is -0.610. The minimum Gasteiger partial charge on any atom is -0.480 e. The second kappa shape index (κ2) is 4.07. The Bertz CT molecular complexity index is 187. The van der Waals surface area contributed by atoms with E-state index in [0.29, 0.717) is 25.4 Å². The van der Waals surface area contributed by atoms with Gasteiger partial charge in [0.05, 0.1) is 6.10 Å². The zero-order valence-electron chi connectivity index (χ0n) is 8.10. The predicted molar refractivity (Wildman–Crippen MR) is 48.5 cm³/mol. The van der Waals surface area contributed by atoms with Gasteiger partial charge in [0.15, 0.2) is 0 Å². The van der Waals surface area contributed by atoms with Gasteiger partial charge >= 0.3 is 5.97 Å². The van der Waals surface area contributed by atoms with Crippen LogP contribution in [0.3, 0.4) is 0 Å². The van der Waals surface area contributed by atoms with Crippen molar-refractivity contribution in [2.45, 2.75) is 32.4 Å². The van der Waals surface area contributed by atoms with Crippen LogP contribution in [0.25, 0.3) is 0 Å². The molecule has 0 saturated carbocycles. The monoisotopic (exact) mass is 187 g/mol. The van der Waals surface area contributed by atoms with E-state index < -0.39 is 12.0 Å². The molecule has 1 heterocycles. The van der Waals surface area contributed by atoms with Crippen LogP contribution in [0.1, 0.15) is 20.3 Å². The molecule has 1 aliphatic heterocycles. The van der Waals surface area contributed by atoms with Gasteiger partial charge in [0.25, 0.3) is 0 Å². The molecule has 1 atom stereocenters. The summed E-state index contributed by atoms with van der Waals surface area (Å²) in [6.07, 6.45) is 0.330. The van der Waals surface area contributed by atoms with E-state index in [4.69, 9.17) is 10.2 Å². The molecule has 0 aromatic heterocycles. The Labute approximate surface area is 78.2 Å². The molecule has 0 bridgehead atoms. The van der Waals surface area contributed by atoms with Crippen LogP contribution >= 0.6 is 0 Å². The van der Waals surface area contributed by atoms with E-state index in [1.165, 1.54) is 0 Å². The summed E-state index contributed by atoms with van der Waals surface area (Å²) < 4.78 is 0. The molecule has 1 unspecified atom stereocenters. The number of aliphatic hydroxyl groups is 1. The summed E-state index contributed by atoms with van der Waals surface area (Å²) in [6.45, 7) is 5.02. The molecule has 1 rings (SSSR count). The number of carboxylic acid groups (broad SMARTS) is 1. The van der Waals surface area contributed by atoms with Gasteiger partial charge in [-0.25, -0.2) is 0 Å². The molecule has 0 aromatic rings. The van der Waals surface area contributed by atoms with Gasteiger partial charge in [0.2, 0.25) is 0 Å². The average Bonchev–Trinajstić information content (AvgIpc) is 1.94.